The fourth-order valence-corrected chi connectivity index (χ4v) is 2.98. The van der Waals surface area contributed by atoms with Crippen LogP contribution in [0.15, 0.2) is 30.3 Å². The third-order valence-corrected chi connectivity index (χ3v) is 4.47. The summed E-state index contributed by atoms with van der Waals surface area (Å²) in [6.45, 7) is 1.45. The highest BCUT2D eigenvalue weighted by molar-refractivity contribution is 5.89. The summed E-state index contributed by atoms with van der Waals surface area (Å²) in [6.07, 6.45) is 1.07. The minimum atomic E-state index is -1.05. The molecule has 1 aromatic carbocycles. The van der Waals surface area contributed by atoms with E-state index in [0.717, 1.165) is 0 Å². The number of carbonyl (C=O) groups excluding carboxylic acids is 2. The number of carboxylic acid groups (broad SMARTS) is 1. The van der Waals surface area contributed by atoms with Crippen molar-refractivity contribution in [2.75, 3.05) is 0 Å². The molecule has 136 valence electrons. The molecule has 0 radical (unpaired) electrons. The van der Waals surface area contributed by atoms with Gasteiger partial charge in [-0.2, -0.15) is 0 Å². The van der Waals surface area contributed by atoms with Crippen molar-refractivity contribution in [3.05, 3.63) is 35.9 Å². The molecule has 3 N–H and O–H groups in total. The molecule has 0 bridgehead atoms. The molecular weight excluding hydrogens is 326 g/mol. The number of carboxylic acids is 1. The first-order chi connectivity index (χ1) is 11.9. The van der Waals surface area contributed by atoms with E-state index in [4.69, 9.17) is 20.3 Å². The van der Waals surface area contributed by atoms with Gasteiger partial charge in [0.1, 0.15) is 6.04 Å². The van der Waals surface area contributed by atoms with Gasteiger partial charge in [0.2, 0.25) is 6.29 Å². The average molecular weight is 349 g/mol. The van der Waals surface area contributed by atoms with Crippen molar-refractivity contribution < 1.29 is 29.0 Å². The first-order valence-corrected chi connectivity index (χ1v) is 8.33. The third-order valence-electron chi connectivity index (χ3n) is 4.47. The number of rotatable bonds is 6. The van der Waals surface area contributed by atoms with Gasteiger partial charge in [-0.1, -0.05) is 18.2 Å². The van der Waals surface area contributed by atoms with Crippen LogP contribution in [0.25, 0.3) is 0 Å². The van der Waals surface area contributed by atoms with Crippen LogP contribution in [0.1, 0.15) is 43.0 Å². The maximum absolute atomic E-state index is 12.1. The van der Waals surface area contributed by atoms with Crippen molar-refractivity contribution in [3.8, 4) is 0 Å². The highest BCUT2D eigenvalue weighted by atomic mass is 16.7. The molecule has 2 unspecified atom stereocenters. The van der Waals surface area contributed by atoms with E-state index in [1.165, 1.54) is 6.92 Å². The summed E-state index contributed by atoms with van der Waals surface area (Å²) in [4.78, 5) is 35.0. The summed E-state index contributed by atoms with van der Waals surface area (Å²) in [5.74, 6) is -2.54. The lowest BCUT2D eigenvalue weighted by Gasteiger charge is -2.29. The van der Waals surface area contributed by atoms with Gasteiger partial charge in [-0.3, -0.25) is 9.59 Å². The molecule has 1 aromatic rings. The molecule has 7 heteroatoms. The monoisotopic (exact) mass is 349 g/mol. The second kappa shape index (κ2) is 8.62. The first-order valence-electron chi connectivity index (χ1n) is 8.33. The fourth-order valence-electron chi connectivity index (χ4n) is 2.98. The molecule has 0 spiro atoms. The summed E-state index contributed by atoms with van der Waals surface area (Å²) < 4.78 is 10.2. The quantitative estimate of drug-likeness (QED) is 0.595. The second-order valence-electron chi connectivity index (χ2n) is 6.25. The molecule has 1 aliphatic carbocycles. The summed E-state index contributed by atoms with van der Waals surface area (Å²) >= 11 is 0. The number of esters is 2. The van der Waals surface area contributed by atoms with E-state index >= 15 is 0 Å². The molecule has 0 aliphatic heterocycles. The van der Waals surface area contributed by atoms with E-state index in [1.807, 2.05) is 0 Å². The molecule has 2 atom stereocenters. The minimum Gasteiger partial charge on any atom is -0.481 e. The van der Waals surface area contributed by atoms with Crippen molar-refractivity contribution >= 4 is 17.9 Å². The Morgan fingerprint density at radius 1 is 1.08 bits per heavy atom. The molecular formula is C18H23NO6. The maximum atomic E-state index is 12.1. The lowest BCUT2D eigenvalue weighted by molar-refractivity contribution is -0.168. The van der Waals surface area contributed by atoms with Crippen LogP contribution >= 0.6 is 0 Å². The number of hydrogen-bond acceptors (Lipinski definition) is 6. The van der Waals surface area contributed by atoms with Gasteiger partial charge in [0.25, 0.3) is 0 Å². The van der Waals surface area contributed by atoms with Crippen LogP contribution in [0.4, 0.5) is 0 Å². The van der Waals surface area contributed by atoms with E-state index in [0.29, 0.717) is 31.2 Å². The standard InChI is InChI=1S/C18H23NO6/c1-11(24-17(22)14-5-3-2-4-6-14)25-18(23)15(19)12-7-9-13(10-8-12)16(20)21/h2-6,11-13,15H,7-10,19H2,1H3,(H,20,21). The molecule has 0 heterocycles. The summed E-state index contributed by atoms with van der Waals surface area (Å²) in [7, 11) is 0. The molecule has 0 aromatic heterocycles. The number of hydrogen-bond donors (Lipinski definition) is 2. The average Bonchev–Trinajstić information content (AvgIpc) is 2.61. The van der Waals surface area contributed by atoms with Gasteiger partial charge in [-0.15, -0.1) is 0 Å². The number of nitrogens with two attached hydrogens (primary N) is 1. The van der Waals surface area contributed by atoms with Crippen LogP contribution in [0.5, 0.6) is 0 Å². The lowest BCUT2D eigenvalue weighted by Crippen LogP contribution is -2.43. The Balaban J connectivity index is 1.80. The molecule has 1 fully saturated rings. The van der Waals surface area contributed by atoms with E-state index in [9.17, 15) is 14.4 Å². The Morgan fingerprint density at radius 3 is 2.24 bits per heavy atom. The van der Waals surface area contributed by atoms with Crippen LogP contribution in [0.2, 0.25) is 0 Å². The van der Waals surface area contributed by atoms with Crippen LogP contribution in [-0.4, -0.2) is 35.3 Å². The normalized spacial score (nSPS) is 22.5. The van der Waals surface area contributed by atoms with Crippen LogP contribution in [0.3, 0.4) is 0 Å². The van der Waals surface area contributed by atoms with Gasteiger partial charge < -0.3 is 20.3 Å². The Kier molecular flexibility index (Phi) is 6.52. The van der Waals surface area contributed by atoms with Crippen molar-refractivity contribution in [2.24, 2.45) is 17.6 Å². The molecule has 7 nitrogen and oxygen atoms in total. The highest BCUT2D eigenvalue weighted by Gasteiger charge is 2.33. The predicted molar refractivity (Wildman–Crippen MR) is 88.5 cm³/mol. The topological polar surface area (TPSA) is 116 Å². The van der Waals surface area contributed by atoms with Crippen LogP contribution in [0, 0.1) is 11.8 Å². The smallest absolute Gasteiger partial charge is 0.341 e. The zero-order valence-electron chi connectivity index (χ0n) is 14.1. The van der Waals surface area contributed by atoms with Gasteiger partial charge in [0, 0.05) is 6.92 Å². The molecule has 2 rings (SSSR count). The number of carbonyl (C=O) groups is 3. The molecule has 25 heavy (non-hydrogen) atoms. The maximum Gasteiger partial charge on any atom is 0.341 e. The van der Waals surface area contributed by atoms with Crippen LogP contribution in [-0.2, 0) is 19.1 Å². The fraction of sp³-hybridized carbons (Fsp3) is 0.500. The third kappa shape index (κ3) is 5.29. The van der Waals surface area contributed by atoms with Gasteiger partial charge in [-0.25, -0.2) is 4.79 Å². The number of ether oxygens (including phenoxy) is 2. The second-order valence-corrected chi connectivity index (χ2v) is 6.25. The Hall–Kier alpha value is -2.41. The Bertz CT molecular complexity index is 609. The van der Waals surface area contributed by atoms with Gasteiger partial charge in [-0.05, 0) is 43.7 Å². The van der Waals surface area contributed by atoms with Gasteiger partial charge in [0.15, 0.2) is 0 Å². The van der Waals surface area contributed by atoms with Crippen molar-refractivity contribution in [1.82, 2.24) is 0 Å². The summed E-state index contributed by atoms with van der Waals surface area (Å²) in [5, 5.41) is 9.00. The number of benzene rings is 1. The van der Waals surface area contributed by atoms with Crippen molar-refractivity contribution in [3.63, 3.8) is 0 Å². The lowest BCUT2D eigenvalue weighted by atomic mass is 9.79. The largest absolute Gasteiger partial charge is 0.481 e. The SMILES string of the molecule is CC(OC(=O)c1ccccc1)OC(=O)C(N)C1CCC(C(=O)O)CC1. The van der Waals surface area contributed by atoms with E-state index in [-0.39, 0.29) is 11.8 Å². The molecule has 0 amide bonds. The number of aliphatic carboxylic acids is 1. The van der Waals surface area contributed by atoms with E-state index < -0.39 is 30.2 Å². The van der Waals surface area contributed by atoms with Crippen LogP contribution < -0.4 is 5.73 Å². The van der Waals surface area contributed by atoms with Gasteiger partial charge >= 0.3 is 17.9 Å². The zero-order chi connectivity index (χ0) is 18.4. The zero-order valence-corrected chi connectivity index (χ0v) is 14.1. The minimum absolute atomic E-state index is 0.125. The van der Waals surface area contributed by atoms with E-state index in [2.05, 4.69) is 0 Å². The summed E-state index contributed by atoms with van der Waals surface area (Å²) in [6, 6.07) is 7.53. The Morgan fingerprint density at radius 2 is 1.68 bits per heavy atom. The van der Waals surface area contributed by atoms with Crippen molar-refractivity contribution in [2.45, 2.75) is 44.9 Å². The predicted octanol–water partition coefficient (Wildman–Crippen LogP) is 1.95. The van der Waals surface area contributed by atoms with Gasteiger partial charge in [0.05, 0.1) is 11.5 Å². The molecule has 0 saturated heterocycles. The van der Waals surface area contributed by atoms with Crippen molar-refractivity contribution in [1.29, 1.82) is 0 Å². The first kappa shape index (κ1) is 18.9. The molecule has 1 saturated carbocycles. The highest BCUT2D eigenvalue weighted by Crippen LogP contribution is 2.30. The molecule has 1 aliphatic rings. The summed E-state index contributed by atoms with van der Waals surface area (Å²) in [5.41, 5.74) is 6.30. The van der Waals surface area contributed by atoms with E-state index in [1.54, 1.807) is 30.3 Å². The Labute approximate surface area is 146 Å².